The fraction of sp³-hybridized carbons (Fsp3) is 0.600. The summed E-state index contributed by atoms with van der Waals surface area (Å²) in [4.78, 5) is 1.77. The minimum atomic E-state index is -0.312. The first-order chi connectivity index (χ1) is 6.25. The third-order valence-corrected chi connectivity index (χ3v) is 4.58. The van der Waals surface area contributed by atoms with Crippen molar-refractivity contribution in [1.82, 2.24) is 4.90 Å². The Morgan fingerprint density at radius 1 is 1.50 bits per heavy atom. The van der Waals surface area contributed by atoms with Gasteiger partial charge in [0.2, 0.25) is 0 Å². The SMILES string of the molecule is CC1=C([AsH2])N(C(C)(C)C)C(Br)C(F)=C1. The first-order valence-electron chi connectivity index (χ1n) is 4.52. The quantitative estimate of drug-likeness (QED) is 0.376. The number of hydrogen-bond donors (Lipinski definition) is 0. The predicted octanol–water partition coefficient (Wildman–Crippen LogP) is 2.54. The summed E-state index contributed by atoms with van der Waals surface area (Å²) >= 11 is 4.92. The molecule has 0 bridgehead atoms. The number of allylic oxidation sites excluding steroid dienone is 2. The van der Waals surface area contributed by atoms with Gasteiger partial charge in [0.15, 0.2) is 0 Å². The van der Waals surface area contributed by atoms with Crippen molar-refractivity contribution in [3.8, 4) is 0 Å². The van der Waals surface area contributed by atoms with Crippen LogP contribution in [0.25, 0.3) is 0 Å². The van der Waals surface area contributed by atoms with E-state index in [1.54, 1.807) is 6.08 Å². The predicted molar refractivity (Wildman–Crippen MR) is 64.7 cm³/mol. The molecule has 0 radical (unpaired) electrons. The second-order valence-corrected chi connectivity index (χ2v) is 6.49. The molecule has 1 aliphatic heterocycles. The van der Waals surface area contributed by atoms with Crippen LogP contribution in [0, 0.1) is 0 Å². The topological polar surface area (TPSA) is 3.24 Å². The molecule has 0 aliphatic carbocycles. The van der Waals surface area contributed by atoms with Crippen molar-refractivity contribution in [2.24, 2.45) is 0 Å². The summed E-state index contributed by atoms with van der Waals surface area (Å²) in [6, 6.07) is 0. The van der Waals surface area contributed by atoms with Crippen molar-refractivity contribution in [1.29, 1.82) is 0 Å². The van der Waals surface area contributed by atoms with Gasteiger partial charge in [0.05, 0.1) is 0 Å². The molecule has 80 valence electrons. The summed E-state index contributed by atoms with van der Waals surface area (Å²) in [5.41, 5.74) is 0.959. The average Bonchev–Trinajstić information content (AvgIpc) is 1.98. The molecule has 2 atom stereocenters. The Labute approximate surface area is 102 Å². The molecular weight excluding hydrogens is 308 g/mol. The molecule has 0 saturated carbocycles. The van der Waals surface area contributed by atoms with Gasteiger partial charge < -0.3 is 0 Å². The molecule has 0 spiro atoms. The molecule has 0 saturated heterocycles. The fourth-order valence-electron chi connectivity index (χ4n) is 1.49. The van der Waals surface area contributed by atoms with Crippen molar-refractivity contribution in [3.05, 3.63) is 22.0 Å². The van der Waals surface area contributed by atoms with Crippen molar-refractivity contribution in [2.45, 2.75) is 38.2 Å². The van der Waals surface area contributed by atoms with Crippen LogP contribution >= 0.6 is 15.9 Å². The number of nitrogens with zero attached hydrogens (tertiary/aromatic N) is 1. The summed E-state index contributed by atoms with van der Waals surface area (Å²) in [6.07, 6.45) is 1.61. The first kappa shape index (κ1) is 12.3. The van der Waals surface area contributed by atoms with Crippen molar-refractivity contribution < 1.29 is 4.39 Å². The molecule has 0 fully saturated rings. The maximum absolute atomic E-state index is 13.5. The minimum absolute atomic E-state index is 0.0626. The Kier molecular flexibility index (Phi) is 3.53. The Hall–Kier alpha value is 0.248. The van der Waals surface area contributed by atoms with Crippen LogP contribution in [-0.4, -0.2) is 32.2 Å². The van der Waals surface area contributed by atoms with Crippen LogP contribution in [0.15, 0.2) is 22.0 Å². The zero-order chi connectivity index (χ0) is 11.1. The molecule has 1 rings (SSSR count). The monoisotopic (exact) mass is 323 g/mol. The molecule has 1 heterocycles. The molecule has 0 aromatic carbocycles. The van der Waals surface area contributed by atoms with Gasteiger partial charge in [-0.2, -0.15) is 0 Å². The van der Waals surface area contributed by atoms with Crippen LogP contribution in [0.2, 0.25) is 0 Å². The van der Waals surface area contributed by atoms with E-state index in [4.69, 9.17) is 0 Å². The van der Waals surface area contributed by atoms with E-state index in [0.29, 0.717) is 0 Å². The van der Waals surface area contributed by atoms with Gasteiger partial charge in [-0.3, -0.25) is 0 Å². The summed E-state index contributed by atoms with van der Waals surface area (Å²) < 4.78 is 14.7. The van der Waals surface area contributed by atoms with E-state index in [1.165, 1.54) is 21.3 Å². The second kappa shape index (κ2) is 4.02. The summed E-state index contributed by atoms with van der Waals surface area (Å²) in [7, 11) is 0. The van der Waals surface area contributed by atoms with E-state index in [2.05, 4.69) is 41.6 Å². The van der Waals surface area contributed by atoms with Gasteiger partial charge >= 0.3 is 102 Å². The van der Waals surface area contributed by atoms with E-state index in [9.17, 15) is 4.39 Å². The summed E-state index contributed by atoms with van der Waals surface area (Å²) in [6.45, 7) is 8.22. The van der Waals surface area contributed by atoms with E-state index >= 15 is 0 Å². The van der Waals surface area contributed by atoms with Crippen LogP contribution in [0.5, 0.6) is 0 Å². The zero-order valence-corrected chi connectivity index (χ0v) is 12.9. The van der Waals surface area contributed by atoms with Gasteiger partial charge in [-0.1, -0.05) is 0 Å². The van der Waals surface area contributed by atoms with Gasteiger partial charge in [-0.15, -0.1) is 0 Å². The third kappa shape index (κ3) is 2.25. The van der Waals surface area contributed by atoms with E-state index < -0.39 is 0 Å². The third-order valence-electron chi connectivity index (χ3n) is 2.19. The zero-order valence-electron chi connectivity index (χ0n) is 8.94. The molecule has 0 aromatic rings. The van der Waals surface area contributed by atoms with Crippen molar-refractivity contribution in [3.63, 3.8) is 0 Å². The molecule has 0 amide bonds. The van der Waals surface area contributed by atoms with Crippen molar-refractivity contribution in [2.75, 3.05) is 0 Å². The van der Waals surface area contributed by atoms with Gasteiger partial charge in [-0.25, -0.2) is 0 Å². The first-order valence-corrected chi connectivity index (χ1v) is 6.64. The molecule has 1 aliphatic rings. The maximum atomic E-state index is 13.5. The van der Waals surface area contributed by atoms with Gasteiger partial charge in [0, 0.05) is 0 Å². The number of hydrogen-bond acceptors (Lipinski definition) is 1. The molecule has 2 unspecified atom stereocenters. The summed E-state index contributed by atoms with van der Waals surface area (Å²) in [5.74, 6) is -0.112. The van der Waals surface area contributed by atoms with Gasteiger partial charge in [-0.05, 0) is 0 Å². The molecule has 1 nitrogen and oxygen atoms in total. The molecule has 0 aromatic heterocycles. The van der Waals surface area contributed by atoms with Crippen LogP contribution in [0.1, 0.15) is 27.7 Å². The Balaban J connectivity index is 3.15. The second-order valence-electron chi connectivity index (χ2n) is 4.47. The molecule has 0 N–H and O–H groups in total. The van der Waals surface area contributed by atoms with Gasteiger partial charge in [0.1, 0.15) is 0 Å². The van der Waals surface area contributed by atoms with Crippen molar-refractivity contribution >= 4 is 32.8 Å². The van der Waals surface area contributed by atoms with E-state index in [-0.39, 0.29) is 16.3 Å². The van der Waals surface area contributed by atoms with Crippen LogP contribution < -0.4 is 0 Å². The summed E-state index contributed by atoms with van der Waals surface area (Å²) in [5, 5.41) is 0. The van der Waals surface area contributed by atoms with Crippen LogP contribution in [0.4, 0.5) is 4.39 Å². The number of halogens is 2. The standard InChI is InChI=1S/C10H16AsBrFN/c1-6-5-7(13)9(12)14(8(6)11)10(2,3)4/h5,9H,11H2,1-4H3. The van der Waals surface area contributed by atoms with E-state index in [1.807, 2.05) is 6.92 Å². The van der Waals surface area contributed by atoms with Crippen LogP contribution in [0.3, 0.4) is 0 Å². The normalized spacial score (nSPS) is 24.1. The molecule has 14 heavy (non-hydrogen) atoms. The fourth-order valence-corrected chi connectivity index (χ4v) is 4.21. The van der Waals surface area contributed by atoms with Crippen LogP contribution in [-0.2, 0) is 0 Å². The average molecular weight is 324 g/mol. The van der Waals surface area contributed by atoms with Gasteiger partial charge in [0.25, 0.3) is 0 Å². The molecular formula is C10H16AsBrFN. The Morgan fingerprint density at radius 2 is 2.00 bits per heavy atom. The number of rotatable bonds is 0. The molecule has 4 heteroatoms. The Bertz CT molecular complexity index is 304. The Morgan fingerprint density at radius 3 is 2.43 bits per heavy atom. The van der Waals surface area contributed by atoms with E-state index in [0.717, 1.165) is 5.57 Å². The number of alkyl halides is 1.